The van der Waals surface area contributed by atoms with Gasteiger partial charge < -0.3 is 9.84 Å². The van der Waals surface area contributed by atoms with Gasteiger partial charge in [0, 0.05) is 12.1 Å². The van der Waals surface area contributed by atoms with Gasteiger partial charge >= 0.3 is 0 Å². The maximum Gasteiger partial charge on any atom is 0.290 e. The third-order valence-electron chi connectivity index (χ3n) is 2.50. The zero-order valence-electron chi connectivity index (χ0n) is 9.92. The van der Waals surface area contributed by atoms with E-state index in [1.165, 1.54) is 0 Å². The summed E-state index contributed by atoms with van der Waals surface area (Å²) in [6.07, 6.45) is 0. The van der Waals surface area contributed by atoms with Crippen LogP contribution in [0.15, 0.2) is 10.6 Å². The van der Waals surface area contributed by atoms with Crippen molar-refractivity contribution in [3.8, 4) is 0 Å². The lowest BCUT2D eigenvalue weighted by Crippen LogP contribution is -2.41. The van der Waals surface area contributed by atoms with Crippen LogP contribution in [0.5, 0.6) is 0 Å². The van der Waals surface area contributed by atoms with Gasteiger partial charge in [-0.2, -0.15) is 0 Å². The summed E-state index contributed by atoms with van der Waals surface area (Å²) in [6, 6.07) is 1.71. The van der Waals surface area contributed by atoms with Crippen LogP contribution in [-0.4, -0.2) is 17.1 Å². The molecule has 1 N–H and O–H groups in total. The van der Waals surface area contributed by atoms with E-state index in [1.54, 1.807) is 13.0 Å². The molecule has 1 amide bonds. The van der Waals surface area contributed by atoms with E-state index in [2.05, 4.69) is 31.2 Å². The zero-order chi connectivity index (χ0) is 11.6. The van der Waals surface area contributed by atoms with Gasteiger partial charge in [-0.05, 0) is 19.3 Å². The molecule has 0 aliphatic heterocycles. The summed E-state index contributed by atoms with van der Waals surface area (Å²) in [7, 11) is 0. The lowest BCUT2D eigenvalue weighted by molar-refractivity contribution is 0.0872. The molecule has 0 unspecified atom stereocenters. The van der Waals surface area contributed by atoms with Crippen molar-refractivity contribution in [2.24, 2.45) is 5.41 Å². The van der Waals surface area contributed by atoms with Crippen LogP contribution >= 0.6 is 0 Å². The fraction of sp³-hybridized carbons (Fsp3) is 0.636. The molecule has 4 heteroatoms. The van der Waals surface area contributed by atoms with E-state index in [1.807, 2.05) is 6.92 Å². The van der Waals surface area contributed by atoms with Crippen LogP contribution in [0.3, 0.4) is 0 Å². The van der Waals surface area contributed by atoms with Gasteiger partial charge in [0.05, 0.1) is 5.69 Å². The molecule has 1 atom stereocenters. The van der Waals surface area contributed by atoms with Crippen molar-refractivity contribution in [2.45, 2.75) is 40.7 Å². The summed E-state index contributed by atoms with van der Waals surface area (Å²) >= 11 is 0. The fourth-order valence-corrected chi connectivity index (χ4v) is 0.955. The molecular formula is C11H18N2O2. The Hall–Kier alpha value is -1.32. The number of nitrogens with one attached hydrogen (secondary N) is 1. The summed E-state index contributed by atoms with van der Waals surface area (Å²) in [5, 5.41) is 6.55. The van der Waals surface area contributed by atoms with E-state index < -0.39 is 0 Å². The predicted octanol–water partition coefficient (Wildman–Crippen LogP) is 2.15. The van der Waals surface area contributed by atoms with Gasteiger partial charge in [-0.1, -0.05) is 25.9 Å². The lowest BCUT2D eigenvalue weighted by atomic mass is 9.88. The molecule has 0 spiro atoms. The van der Waals surface area contributed by atoms with Gasteiger partial charge in [-0.3, -0.25) is 4.79 Å². The quantitative estimate of drug-likeness (QED) is 0.813. The average Bonchev–Trinajstić information content (AvgIpc) is 2.50. The molecule has 0 aliphatic carbocycles. The Balaban J connectivity index is 2.64. The van der Waals surface area contributed by atoms with Crippen molar-refractivity contribution in [3.63, 3.8) is 0 Å². The smallest absolute Gasteiger partial charge is 0.290 e. The van der Waals surface area contributed by atoms with Gasteiger partial charge in [-0.15, -0.1) is 0 Å². The second-order valence-electron chi connectivity index (χ2n) is 4.89. The highest BCUT2D eigenvalue weighted by Crippen LogP contribution is 2.18. The van der Waals surface area contributed by atoms with Crippen LogP contribution in [0.4, 0.5) is 0 Å². The Morgan fingerprint density at radius 2 is 2.13 bits per heavy atom. The molecule has 0 aromatic carbocycles. The molecule has 0 saturated heterocycles. The molecule has 4 nitrogen and oxygen atoms in total. The minimum Gasteiger partial charge on any atom is -0.351 e. The van der Waals surface area contributed by atoms with Crippen molar-refractivity contribution < 1.29 is 9.32 Å². The summed E-state index contributed by atoms with van der Waals surface area (Å²) in [4.78, 5) is 11.7. The van der Waals surface area contributed by atoms with Crippen LogP contribution < -0.4 is 5.32 Å². The Morgan fingerprint density at radius 3 is 2.53 bits per heavy atom. The van der Waals surface area contributed by atoms with Crippen molar-refractivity contribution >= 4 is 5.91 Å². The topological polar surface area (TPSA) is 55.1 Å². The maximum absolute atomic E-state index is 11.7. The van der Waals surface area contributed by atoms with Crippen molar-refractivity contribution in [2.75, 3.05) is 0 Å². The predicted molar refractivity (Wildman–Crippen MR) is 57.6 cm³/mol. The largest absolute Gasteiger partial charge is 0.351 e. The first-order valence-electron chi connectivity index (χ1n) is 5.05. The summed E-state index contributed by atoms with van der Waals surface area (Å²) in [6.45, 7) is 9.98. The Labute approximate surface area is 90.0 Å². The number of amides is 1. The normalized spacial score (nSPS) is 13.7. The third kappa shape index (κ3) is 3.08. The first-order chi connectivity index (χ1) is 6.80. The number of aromatic nitrogens is 1. The van der Waals surface area contributed by atoms with Gasteiger partial charge in [0.15, 0.2) is 0 Å². The highest BCUT2D eigenvalue weighted by molar-refractivity contribution is 5.91. The van der Waals surface area contributed by atoms with Gasteiger partial charge in [0.1, 0.15) is 0 Å². The first-order valence-corrected chi connectivity index (χ1v) is 5.05. The number of aryl methyl sites for hydroxylation is 1. The summed E-state index contributed by atoms with van der Waals surface area (Å²) in [5.74, 6) is 0.0571. The number of carbonyl (C=O) groups is 1. The third-order valence-corrected chi connectivity index (χ3v) is 2.50. The number of carbonyl (C=O) groups excluding carboxylic acids is 1. The molecule has 0 fully saturated rings. The molecule has 0 saturated carbocycles. The maximum atomic E-state index is 11.7. The molecule has 0 radical (unpaired) electrons. The Bertz CT molecular complexity index is 350. The molecule has 15 heavy (non-hydrogen) atoms. The minimum absolute atomic E-state index is 0.0325. The molecular weight excluding hydrogens is 192 g/mol. The number of nitrogens with zero attached hydrogens (tertiary/aromatic N) is 1. The molecule has 1 aromatic rings. The average molecular weight is 210 g/mol. The van der Waals surface area contributed by atoms with E-state index >= 15 is 0 Å². The van der Waals surface area contributed by atoms with Crippen LogP contribution in [0, 0.1) is 12.3 Å². The van der Waals surface area contributed by atoms with E-state index in [0.29, 0.717) is 5.69 Å². The molecule has 84 valence electrons. The van der Waals surface area contributed by atoms with Crippen LogP contribution in [-0.2, 0) is 0 Å². The van der Waals surface area contributed by atoms with E-state index in [-0.39, 0.29) is 23.1 Å². The fourth-order valence-electron chi connectivity index (χ4n) is 0.955. The van der Waals surface area contributed by atoms with Crippen molar-refractivity contribution in [1.82, 2.24) is 10.5 Å². The zero-order valence-corrected chi connectivity index (χ0v) is 9.92. The van der Waals surface area contributed by atoms with E-state index in [9.17, 15) is 4.79 Å². The highest BCUT2D eigenvalue weighted by Gasteiger charge is 2.23. The van der Waals surface area contributed by atoms with Crippen LogP contribution in [0.2, 0.25) is 0 Å². The van der Waals surface area contributed by atoms with Gasteiger partial charge in [0.25, 0.3) is 5.91 Å². The Morgan fingerprint density at radius 1 is 1.53 bits per heavy atom. The lowest BCUT2D eigenvalue weighted by Gasteiger charge is -2.27. The SMILES string of the molecule is Cc1cc(C(=O)N[C@@H](C)C(C)(C)C)on1. The van der Waals surface area contributed by atoms with Crippen LogP contribution in [0.25, 0.3) is 0 Å². The molecule has 0 aliphatic rings. The van der Waals surface area contributed by atoms with Crippen molar-refractivity contribution in [3.05, 3.63) is 17.5 Å². The number of hydrogen-bond acceptors (Lipinski definition) is 3. The van der Waals surface area contributed by atoms with Gasteiger partial charge in [0.2, 0.25) is 5.76 Å². The summed E-state index contributed by atoms with van der Waals surface area (Å²) < 4.78 is 4.88. The van der Waals surface area contributed by atoms with Gasteiger partial charge in [-0.25, -0.2) is 0 Å². The second-order valence-corrected chi connectivity index (χ2v) is 4.89. The number of hydrogen-bond donors (Lipinski definition) is 1. The minimum atomic E-state index is -0.210. The molecule has 1 aromatic heterocycles. The summed E-state index contributed by atoms with van der Waals surface area (Å²) in [5.41, 5.74) is 0.744. The van der Waals surface area contributed by atoms with E-state index in [0.717, 1.165) is 0 Å². The van der Waals surface area contributed by atoms with Crippen molar-refractivity contribution in [1.29, 1.82) is 0 Å². The first kappa shape index (κ1) is 11.8. The second kappa shape index (κ2) is 4.04. The highest BCUT2D eigenvalue weighted by atomic mass is 16.5. The van der Waals surface area contributed by atoms with Crippen LogP contribution in [0.1, 0.15) is 43.9 Å². The standard InChI is InChI=1S/C11H18N2O2/c1-7-6-9(15-13-7)10(14)12-8(2)11(3,4)5/h6,8H,1-5H3,(H,12,14)/t8-/m0/s1. The van der Waals surface area contributed by atoms with E-state index in [4.69, 9.17) is 4.52 Å². The monoisotopic (exact) mass is 210 g/mol. The number of rotatable bonds is 2. The Kier molecular flexibility index (Phi) is 3.17. The molecule has 1 heterocycles. The molecule has 1 rings (SSSR count). The molecule has 0 bridgehead atoms.